The molecule has 3 N–H and O–H groups in total. The largest absolute Gasteiger partial charge is 0.310 e. The molecule has 2 saturated carbocycles. The van der Waals surface area contributed by atoms with Gasteiger partial charge >= 0.3 is 0 Å². The summed E-state index contributed by atoms with van der Waals surface area (Å²) in [5.74, 6) is 0.911. The molecular weight excluding hydrogens is 322 g/mol. The number of carbonyl (C=O) groups is 1. The van der Waals surface area contributed by atoms with Crippen LogP contribution in [0.3, 0.4) is 0 Å². The molecule has 26 heavy (non-hydrogen) atoms. The molecule has 3 fully saturated rings. The predicted octanol–water partition coefficient (Wildman–Crippen LogP) is 3.46. The van der Waals surface area contributed by atoms with Gasteiger partial charge in [0.05, 0.1) is 0 Å². The normalized spacial score (nSPS) is 29.8. The molecule has 1 heterocycles. The Morgan fingerprint density at radius 1 is 0.885 bits per heavy atom. The SMILES string of the molecule is O=C1NNC(Cc2ccc(CNC3CCCCC3)cc2)C2CCCCC12. The van der Waals surface area contributed by atoms with Crippen molar-refractivity contribution in [2.45, 2.75) is 82.8 Å². The van der Waals surface area contributed by atoms with Crippen LogP contribution in [0.2, 0.25) is 0 Å². The molecule has 1 amide bonds. The molecule has 0 aromatic heterocycles. The van der Waals surface area contributed by atoms with E-state index in [1.54, 1.807) is 0 Å². The van der Waals surface area contributed by atoms with Crippen LogP contribution in [0.15, 0.2) is 24.3 Å². The maximum Gasteiger partial charge on any atom is 0.237 e. The Morgan fingerprint density at radius 3 is 2.38 bits per heavy atom. The fourth-order valence-corrected chi connectivity index (χ4v) is 5.15. The number of rotatable bonds is 5. The van der Waals surface area contributed by atoms with Crippen molar-refractivity contribution < 1.29 is 4.79 Å². The maximum absolute atomic E-state index is 12.1. The van der Waals surface area contributed by atoms with Gasteiger partial charge in [0.1, 0.15) is 0 Å². The standard InChI is InChI=1S/C22H33N3O/c26-22-20-9-5-4-8-19(20)21(24-25-22)14-16-10-12-17(13-11-16)15-23-18-6-2-1-3-7-18/h10-13,18-21,23-24H,1-9,14-15H2,(H,25,26). The first-order valence-electron chi connectivity index (χ1n) is 10.7. The average molecular weight is 356 g/mol. The van der Waals surface area contributed by atoms with Crippen molar-refractivity contribution in [1.82, 2.24) is 16.2 Å². The van der Waals surface area contributed by atoms with Crippen molar-refractivity contribution in [3.8, 4) is 0 Å². The lowest BCUT2D eigenvalue weighted by atomic mass is 9.72. The number of hydrazine groups is 1. The van der Waals surface area contributed by atoms with Gasteiger partial charge in [-0.25, -0.2) is 5.43 Å². The number of carbonyl (C=O) groups excluding carboxylic acids is 1. The Morgan fingerprint density at radius 2 is 1.58 bits per heavy atom. The van der Waals surface area contributed by atoms with Gasteiger partial charge in [-0.3, -0.25) is 10.2 Å². The quantitative estimate of drug-likeness (QED) is 0.758. The molecule has 3 unspecified atom stereocenters. The van der Waals surface area contributed by atoms with E-state index < -0.39 is 0 Å². The fraction of sp³-hybridized carbons (Fsp3) is 0.682. The molecule has 1 aromatic rings. The van der Waals surface area contributed by atoms with Crippen LogP contribution in [0.25, 0.3) is 0 Å². The minimum atomic E-state index is 0.204. The summed E-state index contributed by atoms with van der Waals surface area (Å²) in [6, 6.07) is 10.2. The number of hydrogen-bond acceptors (Lipinski definition) is 3. The van der Waals surface area contributed by atoms with Crippen LogP contribution in [0.5, 0.6) is 0 Å². The van der Waals surface area contributed by atoms with Gasteiger partial charge in [-0.1, -0.05) is 56.4 Å². The van der Waals surface area contributed by atoms with E-state index in [0.717, 1.165) is 19.4 Å². The van der Waals surface area contributed by atoms with Crippen LogP contribution < -0.4 is 16.2 Å². The van der Waals surface area contributed by atoms with Gasteiger partial charge in [0.15, 0.2) is 0 Å². The highest BCUT2D eigenvalue weighted by Gasteiger charge is 2.39. The molecule has 2 aliphatic carbocycles. The minimum Gasteiger partial charge on any atom is -0.310 e. The van der Waals surface area contributed by atoms with Gasteiger partial charge in [-0.15, -0.1) is 0 Å². The number of amides is 1. The maximum atomic E-state index is 12.1. The summed E-state index contributed by atoms with van der Waals surface area (Å²) >= 11 is 0. The van der Waals surface area contributed by atoms with Crippen molar-refractivity contribution in [2.75, 3.05) is 0 Å². The van der Waals surface area contributed by atoms with E-state index in [-0.39, 0.29) is 11.8 Å². The fourth-order valence-electron chi connectivity index (χ4n) is 5.15. The molecule has 0 spiro atoms. The van der Waals surface area contributed by atoms with Crippen molar-refractivity contribution >= 4 is 5.91 Å². The van der Waals surface area contributed by atoms with Crippen molar-refractivity contribution in [3.05, 3.63) is 35.4 Å². The third kappa shape index (κ3) is 4.29. The topological polar surface area (TPSA) is 53.2 Å². The molecular formula is C22H33N3O. The Bertz CT molecular complexity index is 594. The van der Waals surface area contributed by atoms with Crippen molar-refractivity contribution in [1.29, 1.82) is 0 Å². The number of fused-ring (bicyclic) bond motifs is 1. The Labute approximate surface area is 157 Å². The Hall–Kier alpha value is -1.39. The number of hydrogen-bond donors (Lipinski definition) is 3. The third-order valence-corrected chi connectivity index (χ3v) is 6.73. The van der Waals surface area contributed by atoms with Gasteiger partial charge in [-0.05, 0) is 49.1 Å². The van der Waals surface area contributed by atoms with Crippen LogP contribution in [0.4, 0.5) is 0 Å². The molecule has 0 bridgehead atoms. The van der Waals surface area contributed by atoms with Crippen LogP contribution in [0.1, 0.15) is 68.9 Å². The zero-order chi connectivity index (χ0) is 17.8. The summed E-state index contributed by atoms with van der Waals surface area (Å²) in [4.78, 5) is 12.1. The van der Waals surface area contributed by atoms with E-state index in [1.165, 1.54) is 62.5 Å². The molecule has 1 saturated heterocycles. The van der Waals surface area contributed by atoms with E-state index >= 15 is 0 Å². The first kappa shape index (κ1) is 18.0. The average Bonchev–Trinajstić information content (AvgIpc) is 2.71. The first-order valence-corrected chi connectivity index (χ1v) is 10.7. The van der Waals surface area contributed by atoms with Crippen molar-refractivity contribution in [2.24, 2.45) is 11.8 Å². The number of nitrogens with one attached hydrogen (secondary N) is 3. The summed E-state index contributed by atoms with van der Waals surface area (Å²) in [6.45, 7) is 0.980. The first-order chi connectivity index (χ1) is 12.8. The molecule has 4 heteroatoms. The van der Waals surface area contributed by atoms with Crippen LogP contribution in [-0.4, -0.2) is 18.0 Å². The minimum absolute atomic E-state index is 0.204. The van der Waals surface area contributed by atoms with Gasteiger partial charge in [-0.2, -0.15) is 0 Å². The van der Waals surface area contributed by atoms with Crippen molar-refractivity contribution in [3.63, 3.8) is 0 Å². The highest BCUT2D eigenvalue weighted by molar-refractivity contribution is 5.79. The van der Waals surface area contributed by atoms with E-state index in [1.807, 2.05) is 0 Å². The van der Waals surface area contributed by atoms with Crippen LogP contribution in [0, 0.1) is 11.8 Å². The van der Waals surface area contributed by atoms with E-state index in [9.17, 15) is 4.79 Å². The summed E-state index contributed by atoms with van der Waals surface area (Å²) in [5.41, 5.74) is 8.95. The van der Waals surface area contributed by atoms with Gasteiger partial charge < -0.3 is 5.32 Å². The van der Waals surface area contributed by atoms with E-state index in [2.05, 4.69) is 40.4 Å². The summed E-state index contributed by atoms with van der Waals surface area (Å²) in [5, 5.41) is 3.72. The van der Waals surface area contributed by atoms with E-state index in [0.29, 0.717) is 18.0 Å². The second-order valence-electron chi connectivity index (χ2n) is 8.53. The monoisotopic (exact) mass is 355 g/mol. The molecule has 3 atom stereocenters. The summed E-state index contributed by atoms with van der Waals surface area (Å²) in [7, 11) is 0. The van der Waals surface area contributed by atoms with Gasteiger partial charge in [0.25, 0.3) is 0 Å². The second-order valence-corrected chi connectivity index (χ2v) is 8.53. The third-order valence-electron chi connectivity index (χ3n) is 6.73. The second kappa shape index (κ2) is 8.53. The zero-order valence-corrected chi connectivity index (χ0v) is 15.8. The molecule has 3 aliphatic rings. The van der Waals surface area contributed by atoms with Crippen LogP contribution in [-0.2, 0) is 17.8 Å². The summed E-state index contributed by atoms with van der Waals surface area (Å²) in [6.07, 6.45) is 12.5. The molecule has 142 valence electrons. The molecule has 1 aliphatic heterocycles. The number of benzene rings is 1. The summed E-state index contributed by atoms with van der Waals surface area (Å²) < 4.78 is 0. The van der Waals surface area contributed by atoms with Gasteiger partial charge in [0.2, 0.25) is 5.91 Å². The highest BCUT2D eigenvalue weighted by atomic mass is 16.2. The molecule has 4 nitrogen and oxygen atoms in total. The van der Waals surface area contributed by atoms with E-state index in [4.69, 9.17) is 0 Å². The Balaban J connectivity index is 1.31. The lowest BCUT2D eigenvalue weighted by Crippen LogP contribution is -2.60. The lowest BCUT2D eigenvalue weighted by molar-refractivity contribution is -0.133. The lowest BCUT2D eigenvalue weighted by Gasteiger charge is -2.41. The van der Waals surface area contributed by atoms with Gasteiger partial charge in [0, 0.05) is 24.5 Å². The molecule has 1 aromatic carbocycles. The Kier molecular flexibility index (Phi) is 5.91. The van der Waals surface area contributed by atoms with Crippen LogP contribution >= 0.6 is 0 Å². The zero-order valence-electron chi connectivity index (χ0n) is 15.8. The molecule has 0 radical (unpaired) electrons. The highest BCUT2D eigenvalue weighted by Crippen LogP contribution is 2.35. The molecule has 4 rings (SSSR count). The predicted molar refractivity (Wildman–Crippen MR) is 104 cm³/mol. The smallest absolute Gasteiger partial charge is 0.237 e.